The molecule has 1 amide bonds. The molecule has 1 aromatic rings. The van der Waals surface area contributed by atoms with Gasteiger partial charge in [-0.3, -0.25) is 0 Å². The number of hydrogen-bond donors (Lipinski definition) is 1. The van der Waals surface area contributed by atoms with E-state index in [4.69, 9.17) is 9.47 Å². The lowest BCUT2D eigenvalue weighted by Gasteiger charge is -2.26. The van der Waals surface area contributed by atoms with Crippen molar-refractivity contribution in [2.24, 2.45) is 5.92 Å². The Morgan fingerprint density at radius 1 is 1.31 bits per heavy atom. The summed E-state index contributed by atoms with van der Waals surface area (Å²) in [7, 11) is 0. The molecule has 4 nitrogen and oxygen atoms in total. The molecule has 142 valence electrons. The molecule has 1 aliphatic heterocycles. The van der Waals surface area contributed by atoms with Crippen molar-refractivity contribution in [2.75, 3.05) is 19.8 Å². The third kappa shape index (κ3) is 3.75. The number of amides is 1. The Morgan fingerprint density at radius 2 is 2.23 bits per heavy atom. The van der Waals surface area contributed by atoms with Gasteiger partial charge in [-0.1, -0.05) is 18.2 Å². The zero-order valence-corrected chi connectivity index (χ0v) is 15.9. The van der Waals surface area contributed by atoms with E-state index >= 15 is 0 Å². The van der Waals surface area contributed by atoms with Gasteiger partial charge in [0.1, 0.15) is 6.61 Å². The number of hydrogen-bond acceptors (Lipinski definition) is 3. The van der Waals surface area contributed by atoms with Crippen LogP contribution in [0.1, 0.15) is 68.1 Å². The van der Waals surface area contributed by atoms with Crippen LogP contribution in [-0.4, -0.2) is 31.5 Å². The van der Waals surface area contributed by atoms with E-state index in [9.17, 15) is 4.79 Å². The van der Waals surface area contributed by atoms with Crippen LogP contribution in [0.2, 0.25) is 0 Å². The van der Waals surface area contributed by atoms with E-state index in [1.54, 1.807) is 11.1 Å². The molecule has 0 bridgehead atoms. The summed E-state index contributed by atoms with van der Waals surface area (Å²) in [6.07, 6.45) is 9.14. The monoisotopic (exact) mass is 357 g/mol. The molecule has 0 radical (unpaired) electrons. The van der Waals surface area contributed by atoms with Gasteiger partial charge in [-0.05, 0) is 86.8 Å². The Morgan fingerprint density at radius 3 is 3.04 bits per heavy atom. The maximum atomic E-state index is 11.4. The molecule has 2 aliphatic carbocycles. The highest BCUT2D eigenvalue weighted by Crippen LogP contribution is 2.43. The van der Waals surface area contributed by atoms with Crippen LogP contribution in [0.25, 0.3) is 0 Å². The van der Waals surface area contributed by atoms with Crippen LogP contribution in [0, 0.1) is 5.92 Å². The van der Waals surface area contributed by atoms with Crippen LogP contribution in [0.15, 0.2) is 18.2 Å². The summed E-state index contributed by atoms with van der Waals surface area (Å²) in [5, 5.41) is 3.05. The average molecular weight is 357 g/mol. The third-order valence-electron chi connectivity index (χ3n) is 6.59. The summed E-state index contributed by atoms with van der Waals surface area (Å²) >= 11 is 0. The van der Waals surface area contributed by atoms with E-state index in [0.717, 1.165) is 38.4 Å². The maximum Gasteiger partial charge on any atom is 0.407 e. The van der Waals surface area contributed by atoms with E-state index in [-0.39, 0.29) is 11.6 Å². The lowest BCUT2D eigenvalue weighted by molar-refractivity contribution is 0.138. The molecule has 1 saturated heterocycles. The smallest absolute Gasteiger partial charge is 0.407 e. The number of rotatable bonds is 6. The van der Waals surface area contributed by atoms with E-state index in [1.807, 2.05) is 0 Å². The first-order valence-electron chi connectivity index (χ1n) is 10.3. The Bertz CT molecular complexity index is 659. The van der Waals surface area contributed by atoms with Crippen LogP contribution in [0.3, 0.4) is 0 Å². The summed E-state index contributed by atoms with van der Waals surface area (Å²) < 4.78 is 10.6. The minimum atomic E-state index is -0.244. The molecule has 1 saturated carbocycles. The second kappa shape index (κ2) is 7.59. The van der Waals surface area contributed by atoms with Crippen molar-refractivity contribution < 1.29 is 14.3 Å². The quantitative estimate of drug-likeness (QED) is 0.770. The van der Waals surface area contributed by atoms with Crippen LogP contribution in [-0.2, 0) is 22.3 Å². The van der Waals surface area contributed by atoms with Gasteiger partial charge in [0.15, 0.2) is 0 Å². The molecule has 1 aromatic carbocycles. The topological polar surface area (TPSA) is 47.6 Å². The Kier molecular flexibility index (Phi) is 5.21. The molecule has 1 N–H and O–H groups in total. The molecule has 4 heteroatoms. The number of fused-ring (bicyclic) bond motifs is 1. The average Bonchev–Trinajstić information content (AvgIpc) is 3.24. The fourth-order valence-corrected chi connectivity index (χ4v) is 5.12. The number of alkyl carbamates (subject to hydrolysis) is 1. The van der Waals surface area contributed by atoms with Crippen molar-refractivity contribution in [3.63, 3.8) is 0 Å². The van der Waals surface area contributed by atoms with Crippen LogP contribution >= 0.6 is 0 Å². The zero-order chi connectivity index (χ0) is 18.0. The largest absolute Gasteiger partial charge is 0.447 e. The number of nitrogens with one attached hydrogen (secondary N) is 1. The number of aryl methyl sites for hydroxylation is 1. The summed E-state index contributed by atoms with van der Waals surface area (Å²) in [6.45, 7) is 4.34. The maximum absolute atomic E-state index is 11.4. The first-order valence-corrected chi connectivity index (χ1v) is 10.3. The Labute approximate surface area is 156 Å². The van der Waals surface area contributed by atoms with Gasteiger partial charge >= 0.3 is 6.09 Å². The van der Waals surface area contributed by atoms with Crippen LogP contribution in [0.5, 0.6) is 0 Å². The highest BCUT2D eigenvalue weighted by atomic mass is 16.6. The predicted octanol–water partition coefficient (Wildman–Crippen LogP) is 4.35. The van der Waals surface area contributed by atoms with Gasteiger partial charge in [0.2, 0.25) is 0 Å². The minimum Gasteiger partial charge on any atom is -0.447 e. The summed E-state index contributed by atoms with van der Waals surface area (Å²) in [6, 6.07) is 7.16. The molecule has 2 fully saturated rings. The van der Waals surface area contributed by atoms with Gasteiger partial charge in [0.25, 0.3) is 0 Å². The molecule has 0 aromatic heterocycles. The predicted molar refractivity (Wildman–Crippen MR) is 101 cm³/mol. The molecule has 1 heterocycles. The molecule has 4 rings (SSSR count). The van der Waals surface area contributed by atoms with E-state index in [1.165, 1.54) is 37.7 Å². The van der Waals surface area contributed by atoms with Gasteiger partial charge in [-0.2, -0.15) is 0 Å². The fraction of sp³-hybridized carbons (Fsp3) is 0.682. The first-order chi connectivity index (χ1) is 12.7. The van der Waals surface area contributed by atoms with Crippen molar-refractivity contribution in [1.29, 1.82) is 0 Å². The highest BCUT2D eigenvalue weighted by molar-refractivity contribution is 5.70. The van der Waals surface area contributed by atoms with Gasteiger partial charge in [0, 0.05) is 13.2 Å². The second-order valence-electron chi connectivity index (χ2n) is 8.40. The number of cyclic esters (lactones) is 1. The Balaban J connectivity index is 1.36. The molecule has 1 spiro atoms. The van der Waals surface area contributed by atoms with Crippen molar-refractivity contribution in [3.8, 4) is 0 Å². The summed E-state index contributed by atoms with van der Waals surface area (Å²) in [5.74, 6) is 1.36. The standard InChI is InChI=1S/C22H31NO3/c1-2-25-11-3-4-16-5-6-18-13-19(8-7-17(18)12-16)20-9-10-22(14-20)15-26-21(24)23-22/h7-8,13,16,20H,2-6,9-12,14-15H2,1H3,(H,23,24)/t16?,20-,22+/m0/s1. The number of ether oxygens (including phenoxy) is 2. The lowest BCUT2D eigenvalue weighted by Crippen LogP contribution is -2.40. The zero-order valence-electron chi connectivity index (χ0n) is 15.9. The molecular weight excluding hydrogens is 326 g/mol. The lowest BCUT2D eigenvalue weighted by atomic mass is 9.80. The Hall–Kier alpha value is -1.55. The molecule has 3 atom stereocenters. The van der Waals surface area contributed by atoms with Crippen molar-refractivity contribution in [3.05, 3.63) is 34.9 Å². The van der Waals surface area contributed by atoms with Crippen molar-refractivity contribution >= 4 is 6.09 Å². The SMILES string of the molecule is CCOCCCC1CCc2cc([C@H]3CC[C@]4(COC(=O)N4)C3)ccc2C1. The van der Waals surface area contributed by atoms with E-state index in [0.29, 0.717) is 12.5 Å². The summed E-state index contributed by atoms with van der Waals surface area (Å²) in [4.78, 5) is 11.4. The summed E-state index contributed by atoms with van der Waals surface area (Å²) in [5.41, 5.74) is 4.45. The second-order valence-corrected chi connectivity index (χ2v) is 8.40. The van der Waals surface area contributed by atoms with E-state index in [2.05, 4.69) is 30.4 Å². The van der Waals surface area contributed by atoms with Crippen LogP contribution < -0.4 is 5.32 Å². The number of carbonyl (C=O) groups is 1. The van der Waals surface area contributed by atoms with Gasteiger partial charge in [-0.15, -0.1) is 0 Å². The number of carbonyl (C=O) groups excluding carboxylic acids is 1. The highest BCUT2D eigenvalue weighted by Gasteiger charge is 2.46. The van der Waals surface area contributed by atoms with Gasteiger partial charge < -0.3 is 14.8 Å². The normalized spacial score (nSPS) is 30.3. The van der Waals surface area contributed by atoms with Crippen LogP contribution in [0.4, 0.5) is 4.79 Å². The van der Waals surface area contributed by atoms with Gasteiger partial charge in [-0.25, -0.2) is 4.79 Å². The fourth-order valence-electron chi connectivity index (χ4n) is 5.12. The molecule has 26 heavy (non-hydrogen) atoms. The van der Waals surface area contributed by atoms with E-state index < -0.39 is 0 Å². The van der Waals surface area contributed by atoms with Crippen molar-refractivity contribution in [2.45, 2.75) is 69.7 Å². The van der Waals surface area contributed by atoms with Crippen molar-refractivity contribution in [1.82, 2.24) is 5.32 Å². The molecule has 3 aliphatic rings. The van der Waals surface area contributed by atoms with Gasteiger partial charge in [0.05, 0.1) is 5.54 Å². The minimum absolute atomic E-state index is 0.108. The first kappa shape index (κ1) is 17.8. The molecular formula is C22H31NO3. The number of benzene rings is 1. The molecule has 1 unspecified atom stereocenters. The third-order valence-corrected chi connectivity index (χ3v) is 6.59.